The van der Waals surface area contributed by atoms with Crippen molar-refractivity contribution in [3.05, 3.63) is 52.8 Å². The van der Waals surface area contributed by atoms with Crippen LogP contribution in [0.5, 0.6) is 0 Å². The van der Waals surface area contributed by atoms with Gasteiger partial charge in [-0.15, -0.1) is 0 Å². The third kappa shape index (κ3) is 4.00. The van der Waals surface area contributed by atoms with E-state index in [1.54, 1.807) is 6.07 Å². The zero-order valence-electron chi connectivity index (χ0n) is 10.1. The highest BCUT2D eigenvalue weighted by molar-refractivity contribution is 6.29. The molecule has 0 saturated heterocycles. The molecule has 1 heterocycles. The first kappa shape index (κ1) is 12.8. The maximum Gasteiger partial charge on any atom is 0.221 e. The van der Waals surface area contributed by atoms with Crippen molar-refractivity contribution < 1.29 is 0 Å². The molecule has 0 amide bonds. The lowest BCUT2D eigenvalue weighted by Crippen LogP contribution is -1.99. The summed E-state index contributed by atoms with van der Waals surface area (Å²) < 4.78 is 0. The van der Waals surface area contributed by atoms with E-state index in [2.05, 4.69) is 34.2 Å². The highest BCUT2D eigenvalue weighted by Gasteiger charge is 2.01. The maximum atomic E-state index is 5.83. The number of halogens is 1. The summed E-state index contributed by atoms with van der Waals surface area (Å²) in [5, 5.41) is 0.417. The highest BCUT2D eigenvalue weighted by Crippen LogP contribution is 2.12. The minimum Gasteiger partial charge on any atom is -0.368 e. The average Bonchev–Trinajstić information content (AvgIpc) is 2.35. The van der Waals surface area contributed by atoms with Crippen molar-refractivity contribution in [2.75, 3.05) is 5.73 Å². The fourth-order valence-electron chi connectivity index (χ4n) is 1.89. The molecule has 4 heteroatoms. The van der Waals surface area contributed by atoms with Crippen molar-refractivity contribution in [2.45, 2.75) is 25.7 Å². The molecule has 0 bridgehead atoms. The van der Waals surface area contributed by atoms with Gasteiger partial charge in [0, 0.05) is 5.69 Å². The number of rotatable bonds is 5. The third-order valence-electron chi connectivity index (χ3n) is 2.76. The van der Waals surface area contributed by atoms with E-state index in [1.807, 2.05) is 6.07 Å². The van der Waals surface area contributed by atoms with E-state index in [-0.39, 0.29) is 5.95 Å². The van der Waals surface area contributed by atoms with Gasteiger partial charge in [-0.05, 0) is 37.3 Å². The molecule has 0 unspecified atom stereocenters. The monoisotopic (exact) mass is 261 g/mol. The van der Waals surface area contributed by atoms with Gasteiger partial charge in [0.1, 0.15) is 5.15 Å². The van der Waals surface area contributed by atoms with Crippen LogP contribution in [0, 0.1) is 0 Å². The summed E-state index contributed by atoms with van der Waals surface area (Å²) in [6, 6.07) is 12.3. The molecule has 0 spiro atoms. The summed E-state index contributed by atoms with van der Waals surface area (Å²) >= 11 is 5.83. The quantitative estimate of drug-likeness (QED) is 0.664. The molecule has 2 rings (SSSR count). The number of aryl methyl sites for hydroxylation is 2. The molecule has 0 aliphatic carbocycles. The molecule has 0 radical (unpaired) electrons. The number of nitrogens with zero attached hydrogens (tertiary/aromatic N) is 2. The molecule has 3 nitrogen and oxygen atoms in total. The first-order chi connectivity index (χ1) is 8.74. The van der Waals surface area contributed by atoms with E-state index in [9.17, 15) is 0 Å². The zero-order chi connectivity index (χ0) is 12.8. The maximum absolute atomic E-state index is 5.83. The Kier molecular flexibility index (Phi) is 4.53. The number of aromatic nitrogens is 2. The first-order valence-corrected chi connectivity index (χ1v) is 6.45. The second kappa shape index (κ2) is 6.36. The van der Waals surface area contributed by atoms with Crippen LogP contribution in [0.25, 0.3) is 0 Å². The minimum absolute atomic E-state index is 0.251. The van der Waals surface area contributed by atoms with Gasteiger partial charge in [0.05, 0.1) is 0 Å². The summed E-state index contributed by atoms with van der Waals surface area (Å²) in [7, 11) is 0. The second-order valence-corrected chi connectivity index (χ2v) is 4.62. The van der Waals surface area contributed by atoms with Crippen molar-refractivity contribution in [1.82, 2.24) is 9.97 Å². The smallest absolute Gasteiger partial charge is 0.221 e. The van der Waals surface area contributed by atoms with Crippen molar-refractivity contribution in [1.29, 1.82) is 0 Å². The lowest BCUT2D eigenvalue weighted by atomic mass is 10.1. The van der Waals surface area contributed by atoms with Gasteiger partial charge in [0.2, 0.25) is 5.95 Å². The Morgan fingerprint density at radius 3 is 2.44 bits per heavy atom. The van der Waals surface area contributed by atoms with E-state index < -0.39 is 0 Å². The van der Waals surface area contributed by atoms with Crippen molar-refractivity contribution in [3.8, 4) is 0 Å². The van der Waals surface area contributed by atoms with Gasteiger partial charge in [0.25, 0.3) is 0 Å². The Balaban J connectivity index is 1.78. The van der Waals surface area contributed by atoms with Crippen LogP contribution in [0.2, 0.25) is 5.15 Å². The zero-order valence-corrected chi connectivity index (χ0v) is 10.9. The van der Waals surface area contributed by atoms with Crippen molar-refractivity contribution in [3.63, 3.8) is 0 Å². The lowest BCUT2D eigenvalue weighted by Gasteiger charge is -2.03. The van der Waals surface area contributed by atoms with E-state index in [1.165, 1.54) is 5.56 Å². The molecule has 1 aromatic heterocycles. The minimum atomic E-state index is 0.251. The Labute approximate surface area is 112 Å². The average molecular weight is 262 g/mol. The summed E-state index contributed by atoms with van der Waals surface area (Å²) in [5.41, 5.74) is 7.84. The van der Waals surface area contributed by atoms with Gasteiger partial charge >= 0.3 is 0 Å². The Hall–Kier alpha value is -1.61. The van der Waals surface area contributed by atoms with Gasteiger partial charge in [-0.1, -0.05) is 41.9 Å². The molecule has 0 aliphatic heterocycles. The normalized spacial score (nSPS) is 10.5. The molecule has 2 aromatic rings. The Morgan fingerprint density at radius 1 is 1.00 bits per heavy atom. The number of anilines is 1. The van der Waals surface area contributed by atoms with E-state index in [4.69, 9.17) is 17.3 Å². The molecular formula is C14H16ClN3. The highest BCUT2D eigenvalue weighted by atomic mass is 35.5. The van der Waals surface area contributed by atoms with Gasteiger partial charge < -0.3 is 5.73 Å². The van der Waals surface area contributed by atoms with Gasteiger partial charge in [-0.3, -0.25) is 0 Å². The van der Waals surface area contributed by atoms with Crippen LogP contribution < -0.4 is 5.73 Å². The molecule has 2 N–H and O–H groups in total. The Bertz CT molecular complexity index is 479. The van der Waals surface area contributed by atoms with Gasteiger partial charge in [0.15, 0.2) is 0 Å². The van der Waals surface area contributed by atoms with Crippen molar-refractivity contribution in [2.24, 2.45) is 0 Å². The molecule has 0 saturated carbocycles. The second-order valence-electron chi connectivity index (χ2n) is 4.23. The van der Waals surface area contributed by atoms with E-state index >= 15 is 0 Å². The number of benzene rings is 1. The number of nitrogen functional groups attached to an aromatic ring is 1. The van der Waals surface area contributed by atoms with Crippen LogP contribution in [0.15, 0.2) is 36.4 Å². The lowest BCUT2D eigenvalue weighted by molar-refractivity contribution is 0.722. The SMILES string of the molecule is Nc1nc(Cl)cc(CCCCc2ccccc2)n1. The molecule has 94 valence electrons. The predicted octanol–water partition coefficient (Wildman–Crippen LogP) is 3.28. The predicted molar refractivity (Wildman–Crippen MR) is 74.5 cm³/mol. The first-order valence-electron chi connectivity index (χ1n) is 6.07. The van der Waals surface area contributed by atoms with Crippen LogP contribution in [0.1, 0.15) is 24.1 Å². The van der Waals surface area contributed by atoms with Crippen LogP contribution in [-0.4, -0.2) is 9.97 Å². The standard InChI is InChI=1S/C14H16ClN3/c15-13-10-12(17-14(16)18-13)9-5-4-8-11-6-2-1-3-7-11/h1-3,6-7,10H,4-5,8-9H2,(H2,16,17,18). The third-order valence-corrected chi connectivity index (χ3v) is 2.95. The van der Waals surface area contributed by atoms with E-state index in [0.29, 0.717) is 5.15 Å². The summed E-state index contributed by atoms with van der Waals surface area (Å²) in [6.07, 6.45) is 4.18. The Morgan fingerprint density at radius 2 is 1.72 bits per heavy atom. The molecular weight excluding hydrogens is 246 g/mol. The topological polar surface area (TPSA) is 51.8 Å². The molecule has 0 atom stereocenters. The fraction of sp³-hybridized carbons (Fsp3) is 0.286. The van der Waals surface area contributed by atoms with Crippen LogP contribution in [-0.2, 0) is 12.8 Å². The van der Waals surface area contributed by atoms with E-state index in [0.717, 1.165) is 31.4 Å². The molecule has 0 fully saturated rings. The summed E-state index contributed by atoms with van der Waals surface area (Å²) in [4.78, 5) is 8.00. The number of hydrogen-bond acceptors (Lipinski definition) is 3. The van der Waals surface area contributed by atoms with Gasteiger partial charge in [-0.25, -0.2) is 9.97 Å². The fourth-order valence-corrected chi connectivity index (χ4v) is 2.10. The molecule has 18 heavy (non-hydrogen) atoms. The number of hydrogen-bond donors (Lipinski definition) is 1. The molecule has 1 aromatic carbocycles. The molecule has 0 aliphatic rings. The van der Waals surface area contributed by atoms with Crippen LogP contribution >= 0.6 is 11.6 Å². The van der Waals surface area contributed by atoms with Crippen LogP contribution in [0.4, 0.5) is 5.95 Å². The largest absolute Gasteiger partial charge is 0.368 e. The number of nitrogens with two attached hydrogens (primary N) is 1. The number of unbranched alkanes of at least 4 members (excludes halogenated alkanes) is 1. The van der Waals surface area contributed by atoms with Gasteiger partial charge in [-0.2, -0.15) is 0 Å². The van der Waals surface area contributed by atoms with Crippen LogP contribution in [0.3, 0.4) is 0 Å². The van der Waals surface area contributed by atoms with Crippen molar-refractivity contribution >= 4 is 17.5 Å². The summed E-state index contributed by atoms with van der Waals surface area (Å²) in [6.45, 7) is 0. The summed E-state index contributed by atoms with van der Waals surface area (Å²) in [5.74, 6) is 0.251.